The highest BCUT2D eigenvalue weighted by molar-refractivity contribution is 9.10. The zero-order valence-corrected chi connectivity index (χ0v) is 13.5. The summed E-state index contributed by atoms with van der Waals surface area (Å²) in [5, 5.41) is 9.03. The number of amides is 1. The first-order valence-corrected chi connectivity index (χ1v) is 7.64. The molecule has 112 valence electrons. The molecule has 1 aliphatic heterocycles. The molecule has 0 radical (unpaired) electrons. The fraction of sp³-hybridized carbons (Fsp3) is 0.176. The van der Waals surface area contributed by atoms with Gasteiger partial charge in [-0.2, -0.15) is 0 Å². The molecule has 4 nitrogen and oxygen atoms in total. The van der Waals surface area contributed by atoms with Crippen LogP contribution in [0.15, 0.2) is 46.9 Å². The van der Waals surface area contributed by atoms with Gasteiger partial charge in [-0.05, 0) is 29.3 Å². The average molecular weight is 360 g/mol. The molecule has 1 aliphatic rings. The van der Waals surface area contributed by atoms with Crippen LogP contribution >= 0.6 is 15.9 Å². The molecule has 2 aromatic carbocycles. The highest BCUT2D eigenvalue weighted by atomic mass is 79.9. The van der Waals surface area contributed by atoms with Crippen LogP contribution in [0.3, 0.4) is 0 Å². The van der Waals surface area contributed by atoms with Gasteiger partial charge in [0.15, 0.2) is 5.78 Å². The van der Waals surface area contributed by atoms with Crippen molar-refractivity contribution in [2.24, 2.45) is 0 Å². The fourth-order valence-corrected chi connectivity index (χ4v) is 3.29. The minimum atomic E-state index is -0.545. The number of nitrogens with zero attached hydrogens (tertiary/aromatic N) is 1. The Morgan fingerprint density at radius 2 is 1.95 bits per heavy atom. The van der Waals surface area contributed by atoms with Gasteiger partial charge >= 0.3 is 0 Å². The van der Waals surface area contributed by atoms with Crippen LogP contribution in [0, 0.1) is 0 Å². The number of hydrogen-bond acceptors (Lipinski definition) is 3. The molecule has 0 aliphatic carbocycles. The van der Waals surface area contributed by atoms with Crippen molar-refractivity contribution in [3.63, 3.8) is 0 Å². The van der Waals surface area contributed by atoms with Crippen LogP contribution in [0.5, 0.6) is 0 Å². The van der Waals surface area contributed by atoms with E-state index in [1.165, 1.54) is 0 Å². The molecule has 1 atom stereocenters. The summed E-state index contributed by atoms with van der Waals surface area (Å²) in [5.74, 6) is -0.835. The number of ketones is 1. The lowest BCUT2D eigenvalue weighted by Crippen LogP contribution is -2.24. The van der Waals surface area contributed by atoms with E-state index in [4.69, 9.17) is 5.11 Å². The van der Waals surface area contributed by atoms with Gasteiger partial charge in [0, 0.05) is 22.8 Å². The van der Waals surface area contributed by atoms with Crippen molar-refractivity contribution in [3.05, 3.63) is 63.6 Å². The van der Waals surface area contributed by atoms with E-state index in [0.717, 1.165) is 21.3 Å². The largest absolute Gasteiger partial charge is 0.388 e. The number of aliphatic hydroxyl groups excluding tert-OH is 1. The highest BCUT2D eigenvalue weighted by Crippen LogP contribution is 2.42. The number of aliphatic hydroxyl groups is 1. The van der Waals surface area contributed by atoms with Crippen molar-refractivity contribution in [1.29, 1.82) is 0 Å². The van der Waals surface area contributed by atoms with Crippen LogP contribution < -0.4 is 4.90 Å². The Bertz CT molecular complexity index is 772. The zero-order valence-electron chi connectivity index (χ0n) is 11.9. The SMILES string of the molecule is CN1C(=O)C(c2cc(C(=O)CO)ccc2Br)c2ccccc21. The Morgan fingerprint density at radius 1 is 1.23 bits per heavy atom. The molecule has 1 unspecified atom stereocenters. The number of carbonyl (C=O) groups is 2. The van der Waals surface area contributed by atoms with Crippen LogP contribution in [0.2, 0.25) is 0 Å². The fourth-order valence-electron chi connectivity index (χ4n) is 2.81. The van der Waals surface area contributed by atoms with Gasteiger partial charge in [0.25, 0.3) is 0 Å². The first-order chi connectivity index (χ1) is 10.5. The van der Waals surface area contributed by atoms with Crippen LogP contribution in [0.1, 0.15) is 27.4 Å². The second-order valence-electron chi connectivity index (χ2n) is 5.21. The minimum absolute atomic E-state index is 0.0319. The normalized spacial score (nSPS) is 16.8. The maximum Gasteiger partial charge on any atom is 0.238 e. The molecule has 22 heavy (non-hydrogen) atoms. The van der Waals surface area contributed by atoms with Crippen LogP contribution in [0.25, 0.3) is 0 Å². The van der Waals surface area contributed by atoms with E-state index in [1.807, 2.05) is 24.3 Å². The Hall–Kier alpha value is -1.98. The van der Waals surface area contributed by atoms with Crippen molar-refractivity contribution in [3.8, 4) is 0 Å². The average Bonchev–Trinajstić information content (AvgIpc) is 2.79. The summed E-state index contributed by atoms with van der Waals surface area (Å²) >= 11 is 3.47. The predicted molar refractivity (Wildman–Crippen MR) is 87.3 cm³/mol. The molecule has 0 bridgehead atoms. The van der Waals surface area contributed by atoms with Crippen molar-refractivity contribution in [1.82, 2.24) is 0 Å². The first-order valence-electron chi connectivity index (χ1n) is 6.84. The number of halogens is 1. The molecule has 1 N–H and O–H groups in total. The monoisotopic (exact) mass is 359 g/mol. The van der Waals surface area contributed by atoms with E-state index >= 15 is 0 Å². The van der Waals surface area contributed by atoms with E-state index < -0.39 is 12.5 Å². The number of fused-ring (bicyclic) bond motifs is 1. The maximum absolute atomic E-state index is 12.6. The van der Waals surface area contributed by atoms with Gasteiger partial charge in [-0.15, -0.1) is 0 Å². The Kier molecular flexibility index (Phi) is 3.85. The minimum Gasteiger partial charge on any atom is -0.388 e. The second kappa shape index (κ2) is 5.66. The lowest BCUT2D eigenvalue weighted by atomic mass is 9.91. The number of hydrogen-bond donors (Lipinski definition) is 1. The number of likely N-dealkylation sites (N-methyl/N-ethyl adjacent to an activating group) is 1. The van der Waals surface area contributed by atoms with Crippen molar-refractivity contribution in [2.45, 2.75) is 5.92 Å². The first kappa shape index (κ1) is 14.9. The van der Waals surface area contributed by atoms with E-state index in [2.05, 4.69) is 15.9 Å². The highest BCUT2D eigenvalue weighted by Gasteiger charge is 2.37. The third-order valence-electron chi connectivity index (χ3n) is 3.96. The lowest BCUT2D eigenvalue weighted by Gasteiger charge is -2.14. The summed E-state index contributed by atoms with van der Waals surface area (Å²) in [4.78, 5) is 26.0. The molecule has 0 fully saturated rings. The Balaban J connectivity index is 2.15. The lowest BCUT2D eigenvalue weighted by molar-refractivity contribution is -0.118. The third-order valence-corrected chi connectivity index (χ3v) is 4.68. The van der Waals surface area contributed by atoms with Gasteiger partial charge in [-0.25, -0.2) is 0 Å². The summed E-state index contributed by atoms with van der Waals surface area (Å²) in [7, 11) is 1.75. The molecule has 1 amide bonds. The van der Waals surface area contributed by atoms with Gasteiger partial charge in [0.1, 0.15) is 6.61 Å². The van der Waals surface area contributed by atoms with Gasteiger partial charge in [0.2, 0.25) is 5.91 Å². The topological polar surface area (TPSA) is 57.6 Å². The van der Waals surface area contributed by atoms with Crippen molar-refractivity contribution >= 4 is 33.3 Å². The number of benzene rings is 2. The van der Waals surface area contributed by atoms with Crippen LogP contribution in [0.4, 0.5) is 5.69 Å². The van der Waals surface area contributed by atoms with E-state index in [9.17, 15) is 9.59 Å². The second-order valence-corrected chi connectivity index (χ2v) is 6.06. The standard InChI is InChI=1S/C17H14BrNO3/c1-19-14-5-3-2-4-11(14)16(17(19)22)12-8-10(15(21)9-20)6-7-13(12)18/h2-8,16,20H,9H2,1H3. The molecule has 0 saturated heterocycles. The molecular weight excluding hydrogens is 346 g/mol. The molecule has 0 aromatic heterocycles. The smallest absolute Gasteiger partial charge is 0.238 e. The van der Waals surface area contributed by atoms with Gasteiger partial charge in [-0.3, -0.25) is 9.59 Å². The molecule has 2 aromatic rings. The molecule has 3 rings (SSSR count). The van der Waals surface area contributed by atoms with Gasteiger partial charge in [-0.1, -0.05) is 40.2 Å². The molecular formula is C17H14BrNO3. The van der Waals surface area contributed by atoms with Gasteiger partial charge < -0.3 is 10.0 Å². The van der Waals surface area contributed by atoms with E-state index in [1.54, 1.807) is 30.1 Å². The number of Topliss-reactive ketones (excluding diaryl/α,β-unsaturated/α-hetero) is 1. The maximum atomic E-state index is 12.6. The number of rotatable bonds is 3. The third kappa shape index (κ3) is 2.26. The molecule has 1 heterocycles. The van der Waals surface area contributed by atoms with Crippen LogP contribution in [-0.2, 0) is 4.79 Å². The molecule has 0 spiro atoms. The Labute approximate surface area is 136 Å². The summed E-state index contributed by atoms with van der Waals surface area (Å²) in [5.41, 5.74) is 2.94. The predicted octanol–water partition coefficient (Wildman–Crippen LogP) is 2.73. The summed E-state index contributed by atoms with van der Waals surface area (Å²) in [6.07, 6.45) is 0. The summed E-state index contributed by atoms with van der Waals surface area (Å²) in [6, 6.07) is 12.7. The number of carbonyl (C=O) groups excluding carboxylic acids is 2. The van der Waals surface area contributed by atoms with Gasteiger partial charge in [0.05, 0.1) is 5.92 Å². The summed E-state index contributed by atoms with van der Waals surface area (Å²) in [6.45, 7) is -0.545. The summed E-state index contributed by atoms with van der Waals surface area (Å²) < 4.78 is 0.769. The molecule has 5 heteroatoms. The number of anilines is 1. The molecule has 0 saturated carbocycles. The van der Waals surface area contributed by atoms with Crippen LogP contribution in [-0.4, -0.2) is 30.5 Å². The Morgan fingerprint density at radius 3 is 2.68 bits per heavy atom. The van der Waals surface area contributed by atoms with Crippen molar-refractivity contribution < 1.29 is 14.7 Å². The van der Waals surface area contributed by atoms with E-state index in [0.29, 0.717) is 5.56 Å². The van der Waals surface area contributed by atoms with Crippen molar-refractivity contribution in [2.75, 3.05) is 18.6 Å². The number of para-hydroxylation sites is 1. The zero-order chi connectivity index (χ0) is 15.9. The van der Waals surface area contributed by atoms with E-state index in [-0.39, 0.29) is 11.7 Å². The quantitative estimate of drug-likeness (QED) is 0.857.